The van der Waals surface area contributed by atoms with Crippen LogP contribution in [0.4, 0.5) is 0 Å². The quantitative estimate of drug-likeness (QED) is 0.812. The molecule has 0 aromatic rings. The number of piperidine rings is 1. The normalized spacial score (nSPS) is 37.3. The molecule has 0 aliphatic carbocycles. The van der Waals surface area contributed by atoms with Crippen molar-refractivity contribution >= 4 is 5.91 Å². The van der Waals surface area contributed by atoms with Crippen molar-refractivity contribution in [3.63, 3.8) is 0 Å². The standard InChI is InChI=1S/C14H25N3O/c15-7-6-11-4-1-2-8-16(11)13-10-14(18)17-9-3-5-12(13)17/h11-13H,1-10,15H2. The van der Waals surface area contributed by atoms with Crippen LogP contribution in [0.5, 0.6) is 0 Å². The summed E-state index contributed by atoms with van der Waals surface area (Å²) in [6, 6.07) is 1.62. The van der Waals surface area contributed by atoms with Gasteiger partial charge in [-0.05, 0) is 45.2 Å². The van der Waals surface area contributed by atoms with Crippen LogP contribution >= 0.6 is 0 Å². The smallest absolute Gasteiger partial charge is 0.224 e. The average molecular weight is 251 g/mol. The fraction of sp³-hybridized carbons (Fsp3) is 0.929. The molecule has 0 aromatic heterocycles. The summed E-state index contributed by atoms with van der Waals surface area (Å²) in [7, 11) is 0. The maximum atomic E-state index is 12.0. The minimum atomic E-state index is 0.388. The topological polar surface area (TPSA) is 49.6 Å². The second-order valence-corrected chi connectivity index (χ2v) is 6.03. The molecule has 0 bridgehead atoms. The Morgan fingerprint density at radius 3 is 2.83 bits per heavy atom. The highest BCUT2D eigenvalue weighted by Crippen LogP contribution is 2.35. The molecule has 0 radical (unpaired) electrons. The molecule has 3 rings (SSSR count). The predicted molar refractivity (Wildman–Crippen MR) is 71.2 cm³/mol. The summed E-state index contributed by atoms with van der Waals surface area (Å²) in [5, 5.41) is 0. The SMILES string of the molecule is NCCC1CCCCN1C1CC(=O)N2CCCC12. The van der Waals surface area contributed by atoms with E-state index in [-0.39, 0.29) is 0 Å². The summed E-state index contributed by atoms with van der Waals surface area (Å²) in [4.78, 5) is 16.8. The Labute approximate surface area is 109 Å². The molecule has 4 nitrogen and oxygen atoms in total. The van der Waals surface area contributed by atoms with Crippen molar-refractivity contribution in [2.45, 2.75) is 63.1 Å². The third kappa shape index (κ3) is 2.05. The minimum Gasteiger partial charge on any atom is -0.338 e. The molecule has 18 heavy (non-hydrogen) atoms. The van der Waals surface area contributed by atoms with E-state index in [1.807, 2.05) is 0 Å². The van der Waals surface area contributed by atoms with E-state index in [2.05, 4.69) is 9.80 Å². The van der Waals surface area contributed by atoms with Crippen molar-refractivity contribution in [2.75, 3.05) is 19.6 Å². The number of hydrogen-bond acceptors (Lipinski definition) is 3. The van der Waals surface area contributed by atoms with Gasteiger partial charge >= 0.3 is 0 Å². The zero-order valence-corrected chi connectivity index (χ0v) is 11.2. The lowest BCUT2D eigenvalue weighted by Crippen LogP contribution is -2.51. The average Bonchev–Trinajstić information content (AvgIpc) is 2.95. The second-order valence-electron chi connectivity index (χ2n) is 6.03. The fourth-order valence-corrected chi connectivity index (χ4v) is 4.23. The largest absolute Gasteiger partial charge is 0.338 e. The lowest BCUT2D eigenvalue weighted by Gasteiger charge is -2.41. The van der Waals surface area contributed by atoms with Crippen LogP contribution in [-0.2, 0) is 4.79 Å². The number of fused-ring (bicyclic) bond motifs is 1. The Balaban J connectivity index is 1.74. The van der Waals surface area contributed by atoms with Crippen molar-refractivity contribution in [1.82, 2.24) is 9.80 Å². The molecule has 102 valence electrons. The highest BCUT2D eigenvalue weighted by Gasteiger charge is 2.46. The molecule has 3 fully saturated rings. The number of likely N-dealkylation sites (tertiary alicyclic amines) is 1. The van der Waals surface area contributed by atoms with E-state index in [1.54, 1.807) is 0 Å². The zero-order valence-electron chi connectivity index (χ0n) is 11.2. The first-order chi connectivity index (χ1) is 8.81. The Kier molecular flexibility index (Phi) is 3.57. The van der Waals surface area contributed by atoms with Gasteiger partial charge in [0, 0.05) is 31.1 Å². The summed E-state index contributed by atoms with van der Waals surface area (Å²) >= 11 is 0. The van der Waals surface area contributed by atoms with E-state index in [4.69, 9.17) is 5.73 Å². The molecule has 3 aliphatic heterocycles. The molecule has 0 spiro atoms. The van der Waals surface area contributed by atoms with Gasteiger partial charge in [0.05, 0.1) is 0 Å². The number of carbonyl (C=O) groups excluding carboxylic acids is 1. The molecule has 3 aliphatic rings. The van der Waals surface area contributed by atoms with Gasteiger partial charge in [0.1, 0.15) is 0 Å². The first kappa shape index (κ1) is 12.4. The molecule has 0 aromatic carbocycles. The lowest BCUT2D eigenvalue weighted by molar-refractivity contribution is -0.127. The first-order valence-corrected chi connectivity index (χ1v) is 7.56. The zero-order chi connectivity index (χ0) is 12.5. The monoisotopic (exact) mass is 251 g/mol. The van der Waals surface area contributed by atoms with Crippen LogP contribution in [-0.4, -0.2) is 53.5 Å². The van der Waals surface area contributed by atoms with Crippen molar-refractivity contribution in [3.05, 3.63) is 0 Å². The molecular formula is C14H25N3O. The van der Waals surface area contributed by atoms with E-state index < -0.39 is 0 Å². The Morgan fingerprint density at radius 2 is 2.00 bits per heavy atom. The third-order valence-corrected chi connectivity index (χ3v) is 5.05. The molecule has 4 heteroatoms. The van der Waals surface area contributed by atoms with Gasteiger partial charge < -0.3 is 10.6 Å². The van der Waals surface area contributed by atoms with Gasteiger partial charge in [-0.3, -0.25) is 9.69 Å². The van der Waals surface area contributed by atoms with E-state index in [9.17, 15) is 4.79 Å². The van der Waals surface area contributed by atoms with Gasteiger partial charge in [-0.2, -0.15) is 0 Å². The summed E-state index contributed by atoms with van der Waals surface area (Å²) in [6.07, 6.45) is 8.15. The summed E-state index contributed by atoms with van der Waals surface area (Å²) in [5.41, 5.74) is 5.75. The van der Waals surface area contributed by atoms with Crippen LogP contribution in [0.15, 0.2) is 0 Å². The lowest BCUT2D eigenvalue weighted by atomic mass is 9.94. The van der Waals surface area contributed by atoms with Gasteiger partial charge in [-0.1, -0.05) is 6.42 Å². The highest BCUT2D eigenvalue weighted by molar-refractivity contribution is 5.80. The van der Waals surface area contributed by atoms with Crippen molar-refractivity contribution in [3.8, 4) is 0 Å². The van der Waals surface area contributed by atoms with E-state index in [0.29, 0.717) is 24.0 Å². The molecule has 3 atom stereocenters. The molecule has 3 heterocycles. The Morgan fingerprint density at radius 1 is 1.11 bits per heavy atom. The number of hydrogen-bond donors (Lipinski definition) is 1. The Hall–Kier alpha value is -0.610. The van der Waals surface area contributed by atoms with Gasteiger partial charge in [-0.25, -0.2) is 0 Å². The van der Waals surface area contributed by atoms with Crippen molar-refractivity contribution < 1.29 is 4.79 Å². The molecule has 0 saturated carbocycles. The summed E-state index contributed by atoms with van der Waals surface area (Å²) in [5.74, 6) is 0.388. The van der Waals surface area contributed by atoms with Crippen LogP contribution in [0.3, 0.4) is 0 Å². The maximum absolute atomic E-state index is 12.0. The van der Waals surface area contributed by atoms with Crippen molar-refractivity contribution in [2.24, 2.45) is 5.73 Å². The van der Waals surface area contributed by atoms with Gasteiger partial charge in [0.25, 0.3) is 0 Å². The minimum absolute atomic E-state index is 0.388. The van der Waals surface area contributed by atoms with Crippen molar-refractivity contribution in [1.29, 1.82) is 0 Å². The van der Waals surface area contributed by atoms with Gasteiger partial charge in [0.2, 0.25) is 5.91 Å². The predicted octanol–water partition coefficient (Wildman–Crippen LogP) is 0.953. The number of nitrogens with two attached hydrogens (primary N) is 1. The maximum Gasteiger partial charge on any atom is 0.224 e. The second kappa shape index (κ2) is 5.17. The molecular weight excluding hydrogens is 226 g/mol. The van der Waals surface area contributed by atoms with E-state index >= 15 is 0 Å². The van der Waals surface area contributed by atoms with Gasteiger partial charge in [0.15, 0.2) is 0 Å². The fourth-order valence-electron chi connectivity index (χ4n) is 4.23. The van der Waals surface area contributed by atoms with Gasteiger partial charge in [-0.15, -0.1) is 0 Å². The Bertz CT molecular complexity index is 318. The molecule has 3 unspecified atom stereocenters. The number of nitrogens with zero attached hydrogens (tertiary/aromatic N) is 2. The first-order valence-electron chi connectivity index (χ1n) is 7.56. The molecule has 1 amide bonds. The third-order valence-electron chi connectivity index (χ3n) is 5.05. The molecule has 3 saturated heterocycles. The number of amides is 1. The summed E-state index contributed by atoms with van der Waals surface area (Å²) < 4.78 is 0. The number of rotatable bonds is 3. The van der Waals surface area contributed by atoms with Crippen LogP contribution in [0.25, 0.3) is 0 Å². The van der Waals surface area contributed by atoms with Crippen LogP contribution in [0.2, 0.25) is 0 Å². The van der Waals surface area contributed by atoms with Crippen LogP contribution in [0, 0.1) is 0 Å². The van der Waals surface area contributed by atoms with E-state index in [1.165, 1.54) is 38.6 Å². The number of carbonyl (C=O) groups is 1. The van der Waals surface area contributed by atoms with E-state index in [0.717, 1.165) is 25.9 Å². The molecule has 2 N–H and O–H groups in total. The summed E-state index contributed by atoms with van der Waals surface area (Å²) in [6.45, 7) is 2.94. The van der Waals surface area contributed by atoms with Crippen LogP contribution in [0.1, 0.15) is 44.9 Å². The van der Waals surface area contributed by atoms with Crippen LogP contribution < -0.4 is 5.73 Å². The highest BCUT2D eigenvalue weighted by atomic mass is 16.2.